The first kappa shape index (κ1) is 14.6. The summed E-state index contributed by atoms with van der Waals surface area (Å²) in [5.41, 5.74) is -0.606. The monoisotopic (exact) mass is 280 g/mol. The van der Waals surface area contributed by atoms with Crippen LogP contribution < -0.4 is 10.6 Å². The topological polar surface area (TPSA) is 76.7 Å². The maximum atomic E-state index is 12.1. The molecule has 1 aliphatic carbocycles. The van der Waals surface area contributed by atoms with E-state index < -0.39 is 17.7 Å². The van der Waals surface area contributed by atoms with Crippen LogP contribution in [-0.4, -0.2) is 42.4 Å². The van der Waals surface area contributed by atoms with Crippen LogP contribution in [0.4, 0.5) is 4.79 Å². The summed E-state index contributed by atoms with van der Waals surface area (Å²) in [5, 5.41) is 5.36. The smallest absolute Gasteiger partial charge is 0.408 e. The predicted molar refractivity (Wildman–Crippen MR) is 73.1 cm³/mol. The van der Waals surface area contributed by atoms with Crippen LogP contribution in [0.1, 0.15) is 20.8 Å². The fraction of sp³-hybridized carbons (Fsp3) is 0.571. The van der Waals surface area contributed by atoms with Gasteiger partial charge in [-0.1, -0.05) is 24.3 Å². The molecule has 0 aromatic rings. The van der Waals surface area contributed by atoms with Gasteiger partial charge >= 0.3 is 6.09 Å². The molecule has 2 amide bonds. The fourth-order valence-corrected chi connectivity index (χ4v) is 1.98. The van der Waals surface area contributed by atoms with E-state index in [0.717, 1.165) is 0 Å². The van der Waals surface area contributed by atoms with Crippen LogP contribution in [0.3, 0.4) is 0 Å². The number of carbonyl (C=O) groups is 2. The van der Waals surface area contributed by atoms with E-state index >= 15 is 0 Å². The van der Waals surface area contributed by atoms with Crippen LogP contribution in [0.2, 0.25) is 0 Å². The van der Waals surface area contributed by atoms with Crippen molar-refractivity contribution in [2.45, 2.75) is 44.6 Å². The minimum absolute atomic E-state index is 0.115. The summed E-state index contributed by atoms with van der Waals surface area (Å²) in [7, 11) is 0. The standard InChI is InChI=1S/C14H20N2O4/c1-14(2,3)20-13(18)16-10-8-19-11-7-5-4-6-9(11)15-12(10)17/h4-7,9-11H,8H2,1-3H3,(H,15,17)(H,16,18)/t9?,10-,11?/m0/s1. The van der Waals surface area contributed by atoms with E-state index in [0.29, 0.717) is 0 Å². The Morgan fingerprint density at radius 1 is 1.40 bits per heavy atom. The van der Waals surface area contributed by atoms with Crippen molar-refractivity contribution in [3.8, 4) is 0 Å². The Hall–Kier alpha value is -1.82. The maximum Gasteiger partial charge on any atom is 0.408 e. The van der Waals surface area contributed by atoms with Gasteiger partial charge in [0.25, 0.3) is 0 Å². The number of rotatable bonds is 1. The minimum atomic E-state index is -0.753. The number of ether oxygens (including phenoxy) is 2. The van der Waals surface area contributed by atoms with Crippen molar-refractivity contribution >= 4 is 12.0 Å². The number of alkyl carbamates (subject to hydrolysis) is 1. The molecule has 2 rings (SSSR count). The van der Waals surface area contributed by atoms with Gasteiger partial charge in [0.05, 0.1) is 18.8 Å². The normalized spacial score (nSPS) is 29.1. The lowest BCUT2D eigenvalue weighted by Gasteiger charge is -2.22. The fourth-order valence-electron chi connectivity index (χ4n) is 1.98. The minimum Gasteiger partial charge on any atom is -0.444 e. The highest BCUT2D eigenvalue weighted by Crippen LogP contribution is 2.13. The second-order valence-electron chi connectivity index (χ2n) is 5.80. The quantitative estimate of drug-likeness (QED) is 0.748. The van der Waals surface area contributed by atoms with E-state index in [9.17, 15) is 9.59 Å². The van der Waals surface area contributed by atoms with Crippen molar-refractivity contribution in [3.05, 3.63) is 24.3 Å². The summed E-state index contributed by atoms with van der Waals surface area (Å²) in [4.78, 5) is 23.8. The Labute approximate surface area is 118 Å². The number of nitrogens with one attached hydrogen (secondary N) is 2. The van der Waals surface area contributed by atoms with Crippen molar-refractivity contribution in [1.82, 2.24) is 10.6 Å². The lowest BCUT2D eigenvalue weighted by molar-refractivity contribution is -0.123. The molecule has 1 aliphatic heterocycles. The van der Waals surface area contributed by atoms with Gasteiger partial charge < -0.3 is 20.1 Å². The van der Waals surface area contributed by atoms with E-state index in [1.54, 1.807) is 20.8 Å². The van der Waals surface area contributed by atoms with Gasteiger partial charge in [-0.05, 0) is 20.8 Å². The van der Waals surface area contributed by atoms with Crippen LogP contribution in [-0.2, 0) is 14.3 Å². The summed E-state index contributed by atoms with van der Waals surface area (Å²) in [5.74, 6) is -0.275. The number of fused-ring (bicyclic) bond motifs is 1. The molecule has 3 atom stereocenters. The third-order valence-electron chi connectivity index (χ3n) is 2.86. The van der Waals surface area contributed by atoms with Gasteiger partial charge in [0.2, 0.25) is 5.91 Å². The summed E-state index contributed by atoms with van der Waals surface area (Å²) in [6, 6.07) is -0.949. The number of hydrogen-bond acceptors (Lipinski definition) is 4. The van der Waals surface area contributed by atoms with Gasteiger partial charge in [-0.3, -0.25) is 4.79 Å². The molecule has 0 spiro atoms. The Morgan fingerprint density at radius 3 is 2.80 bits per heavy atom. The first-order chi connectivity index (χ1) is 9.35. The zero-order valence-electron chi connectivity index (χ0n) is 11.9. The summed E-state index contributed by atoms with van der Waals surface area (Å²) >= 11 is 0. The highest BCUT2D eigenvalue weighted by atomic mass is 16.6. The highest BCUT2D eigenvalue weighted by molar-refractivity contribution is 5.86. The molecule has 1 fully saturated rings. The molecule has 0 bridgehead atoms. The summed E-state index contributed by atoms with van der Waals surface area (Å²) in [6.45, 7) is 5.41. The molecule has 0 aromatic carbocycles. The van der Waals surface area contributed by atoms with Crippen LogP contribution in [0.25, 0.3) is 0 Å². The number of hydrogen-bond donors (Lipinski definition) is 2. The third-order valence-corrected chi connectivity index (χ3v) is 2.86. The van der Waals surface area contributed by atoms with E-state index in [2.05, 4.69) is 10.6 Å². The average molecular weight is 280 g/mol. The molecule has 2 unspecified atom stereocenters. The largest absolute Gasteiger partial charge is 0.444 e. The van der Waals surface area contributed by atoms with E-state index in [1.165, 1.54) is 0 Å². The van der Waals surface area contributed by atoms with Crippen molar-refractivity contribution in [3.63, 3.8) is 0 Å². The van der Waals surface area contributed by atoms with Crippen molar-refractivity contribution in [2.75, 3.05) is 6.61 Å². The SMILES string of the molecule is CC(C)(C)OC(=O)N[C@H]1COC2C=CC=CC2NC1=O. The Morgan fingerprint density at radius 2 is 2.10 bits per heavy atom. The number of carbonyl (C=O) groups excluding carboxylic acids is 2. The predicted octanol–water partition coefficient (Wildman–Crippen LogP) is 0.889. The van der Waals surface area contributed by atoms with Crippen LogP contribution >= 0.6 is 0 Å². The van der Waals surface area contributed by atoms with Crippen molar-refractivity contribution in [2.24, 2.45) is 0 Å². The van der Waals surface area contributed by atoms with Crippen LogP contribution in [0.5, 0.6) is 0 Å². The summed E-state index contributed by atoms with van der Waals surface area (Å²) < 4.78 is 10.8. The molecule has 6 heteroatoms. The molecule has 6 nitrogen and oxygen atoms in total. The van der Waals surface area contributed by atoms with Gasteiger partial charge in [0.15, 0.2) is 0 Å². The maximum absolute atomic E-state index is 12.1. The highest BCUT2D eigenvalue weighted by Gasteiger charge is 2.32. The second-order valence-corrected chi connectivity index (χ2v) is 5.80. The molecule has 0 radical (unpaired) electrons. The molecular weight excluding hydrogens is 260 g/mol. The lowest BCUT2D eigenvalue weighted by Crippen LogP contribution is -2.50. The Balaban J connectivity index is 1.96. The molecule has 2 aliphatic rings. The third kappa shape index (κ3) is 3.84. The van der Waals surface area contributed by atoms with Crippen LogP contribution in [0.15, 0.2) is 24.3 Å². The molecule has 1 saturated heterocycles. The van der Waals surface area contributed by atoms with Crippen LogP contribution in [0, 0.1) is 0 Å². The van der Waals surface area contributed by atoms with Crippen molar-refractivity contribution in [1.29, 1.82) is 0 Å². The molecule has 110 valence electrons. The van der Waals surface area contributed by atoms with Gasteiger partial charge in [0.1, 0.15) is 11.6 Å². The molecular formula is C14H20N2O4. The van der Waals surface area contributed by atoms with Gasteiger partial charge in [-0.15, -0.1) is 0 Å². The van der Waals surface area contributed by atoms with E-state index in [1.807, 2.05) is 24.3 Å². The number of allylic oxidation sites excluding steroid dienone is 2. The van der Waals surface area contributed by atoms with Gasteiger partial charge in [-0.25, -0.2) is 4.79 Å². The zero-order valence-corrected chi connectivity index (χ0v) is 11.9. The zero-order chi connectivity index (χ0) is 14.8. The van der Waals surface area contributed by atoms with Crippen molar-refractivity contribution < 1.29 is 19.1 Å². The van der Waals surface area contributed by atoms with E-state index in [-0.39, 0.29) is 24.7 Å². The first-order valence-corrected chi connectivity index (χ1v) is 6.62. The molecule has 20 heavy (non-hydrogen) atoms. The van der Waals surface area contributed by atoms with Gasteiger partial charge in [-0.2, -0.15) is 0 Å². The molecule has 1 heterocycles. The lowest BCUT2D eigenvalue weighted by atomic mass is 10.1. The first-order valence-electron chi connectivity index (χ1n) is 6.62. The van der Waals surface area contributed by atoms with E-state index in [4.69, 9.17) is 9.47 Å². The Kier molecular flexibility index (Phi) is 4.13. The Bertz CT molecular complexity index is 451. The molecule has 2 N–H and O–H groups in total. The number of amides is 2. The molecule has 0 saturated carbocycles. The summed E-state index contributed by atoms with van der Waals surface area (Å²) in [6.07, 6.45) is 6.63. The second kappa shape index (κ2) is 5.66. The molecule has 0 aromatic heterocycles. The van der Waals surface area contributed by atoms with Gasteiger partial charge in [0, 0.05) is 0 Å². The average Bonchev–Trinajstić information content (AvgIpc) is 2.47.